The lowest BCUT2D eigenvalue weighted by molar-refractivity contribution is -0.150. The lowest BCUT2D eigenvalue weighted by Gasteiger charge is -2.34. The number of piperazine rings is 1. The van der Waals surface area contributed by atoms with Gasteiger partial charge in [0.15, 0.2) is 6.61 Å². The lowest BCUT2D eigenvalue weighted by atomic mass is 10.3. The fraction of sp³-hybridized carbons (Fsp3) is 0.333. The molecule has 7 nitrogen and oxygen atoms in total. The van der Waals surface area contributed by atoms with Crippen LogP contribution in [0.1, 0.15) is 0 Å². The number of anilines is 1. The molecule has 1 fully saturated rings. The highest BCUT2D eigenvalue weighted by Gasteiger charge is 2.23. The molecule has 0 aliphatic carbocycles. The predicted octanol–water partition coefficient (Wildman–Crippen LogP) is 1.74. The molecule has 0 saturated carbocycles. The number of ether oxygens (including phenoxy) is 1. The first-order valence-corrected chi connectivity index (χ1v) is 9.54. The van der Waals surface area contributed by atoms with E-state index >= 15 is 0 Å². The average Bonchev–Trinajstić information content (AvgIpc) is 2.73. The van der Waals surface area contributed by atoms with E-state index in [1.165, 1.54) is 0 Å². The number of carbonyl (C=O) groups excluding carboxylic acids is 2. The van der Waals surface area contributed by atoms with Gasteiger partial charge in [-0.3, -0.25) is 9.59 Å². The van der Waals surface area contributed by atoms with E-state index in [2.05, 4.69) is 9.97 Å². The first-order valence-electron chi connectivity index (χ1n) is 8.56. The van der Waals surface area contributed by atoms with Gasteiger partial charge in [-0.25, -0.2) is 18.7 Å². The average molecular weight is 408 g/mol. The smallest absolute Gasteiger partial charge is 0.316 e. The highest BCUT2D eigenvalue weighted by Crippen LogP contribution is 2.22. The van der Waals surface area contributed by atoms with Crippen molar-refractivity contribution >= 4 is 29.6 Å². The predicted molar refractivity (Wildman–Crippen MR) is 98.9 cm³/mol. The van der Waals surface area contributed by atoms with Gasteiger partial charge in [0.25, 0.3) is 5.91 Å². The number of rotatable bonds is 6. The van der Waals surface area contributed by atoms with Crippen LogP contribution in [0.5, 0.6) is 0 Å². The SMILES string of the molecule is O=C(CSc1cc(F)ccc1F)OCC(=O)N1CCN(c2ncccn2)CC1. The third-order valence-corrected chi connectivity index (χ3v) is 5.07. The fourth-order valence-electron chi connectivity index (χ4n) is 2.61. The Bertz CT molecular complexity index is 833. The van der Waals surface area contributed by atoms with Crippen molar-refractivity contribution in [3.63, 3.8) is 0 Å². The van der Waals surface area contributed by atoms with E-state index in [9.17, 15) is 18.4 Å². The summed E-state index contributed by atoms with van der Waals surface area (Å²) in [6.45, 7) is 1.72. The number of thioether (sulfide) groups is 1. The van der Waals surface area contributed by atoms with Gasteiger partial charge in [-0.15, -0.1) is 11.8 Å². The maximum absolute atomic E-state index is 13.5. The third kappa shape index (κ3) is 5.38. The number of hydrogen-bond acceptors (Lipinski definition) is 7. The Kier molecular flexibility index (Phi) is 6.75. The number of esters is 1. The number of halogens is 2. The van der Waals surface area contributed by atoms with Crippen LogP contribution in [0.25, 0.3) is 0 Å². The van der Waals surface area contributed by atoms with Crippen molar-refractivity contribution in [2.24, 2.45) is 0 Å². The first kappa shape index (κ1) is 20.0. The van der Waals surface area contributed by atoms with Gasteiger partial charge in [0.05, 0.1) is 5.75 Å². The van der Waals surface area contributed by atoms with Crippen LogP contribution in [0.15, 0.2) is 41.6 Å². The Morgan fingerprint density at radius 3 is 2.54 bits per heavy atom. The molecule has 2 aromatic rings. The van der Waals surface area contributed by atoms with Crippen LogP contribution in [-0.4, -0.2) is 65.3 Å². The van der Waals surface area contributed by atoms with Crippen LogP contribution in [0.2, 0.25) is 0 Å². The highest BCUT2D eigenvalue weighted by atomic mass is 32.2. The number of benzene rings is 1. The first-order chi connectivity index (χ1) is 13.5. The van der Waals surface area contributed by atoms with E-state index in [0.717, 1.165) is 30.0 Å². The Morgan fingerprint density at radius 1 is 1.11 bits per heavy atom. The van der Waals surface area contributed by atoms with Gasteiger partial charge in [0.2, 0.25) is 5.95 Å². The molecule has 0 spiro atoms. The Morgan fingerprint density at radius 2 is 1.82 bits per heavy atom. The van der Waals surface area contributed by atoms with Gasteiger partial charge in [0.1, 0.15) is 11.6 Å². The molecule has 0 radical (unpaired) electrons. The largest absolute Gasteiger partial charge is 0.455 e. The highest BCUT2D eigenvalue weighted by molar-refractivity contribution is 8.00. The van der Waals surface area contributed by atoms with E-state index < -0.39 is 17.6 Å². The molecule has 0 N–H and O–H groups in total. The van der Waals surface area contributed by atoms with Gasteiger partial charge in [-0.1, -0.05) is 0 Å². The molecule has 3 rings (SSSR count). The molecule has 1 aromatic heterocycles. The van der Waals surface area contributed by atoms with Gasteiger partial charge >= 0.3 is 5.97 Å². The molecule has 10 heteroatoms. The summed E-state index contributed by atoms with van der Waals surface area (Å²) in [6.07, 6.45) is 3.32. The Labute approximate surface area is 164 Å². The molecule has 2 heterocycles. The molecule has 0 unspecified atom stereocenters. The second-order valence-corrected chi connectivity index (χ2v) is 6.96. The number of carbonyl (C=O) groups is 2. The van der Waals surface area contributed by atoms with Crippen molar-refractivity contribution < 1.29 is 23.1 Å². The topological polar surface area (TPSA) is 75.6 Å². The third-order valence-electron chi connectivity index (χ3n) is 4.06. The van der Waals surface area contributed by atoms with Crippen molar-refractivity contribution in [1.82, 2.24) is 14.9 Å². The zero-order chi connectivity index (χ0) is 19.9. The second kappa shape index (κ2) is 9.45. The van der Waals surface area contributed by atoms with Crippen LogP contribution in [-0.2, 0) is 14.3 Å². The minimum atomic E-state index is -0.668. The molecule has 0 bridgehead atoms. The molecule has 1 aromatic carbocycles. The summed E-state index contributed by atoms with van der Waals surface area (Å²) in [5.74, 6) is -1.78. The molecule has 1 aliphatic rings. The molecule has 1 aliphatic heterocycles. The van der Waals surface area contributed by atoms with Crippen LogP contribution < -0.4 is 4.90 Å². The Hall–Kier alpha value is -2.75. The number of aromatic nitrogens is 2. The minimum Gasteiger partial charge on any atom is -0.455 e. The molecular formula is C18H18F2N4O3S. The molecule has 148 valence electrons. The van der Waals surface area contributed by atoms with Crippen molar-refractivity contribution in [3.05, 3.63) is 48.3 Å². The fourth-order valence-corrected chi connectivity index (χ4v) is 3.37. The van der Waals surface area contributed by atoms with Crippen LogP contribution >= 0.6 is 11.8 Å². The summed E-state index contributed by atoms with van der Waals surface area (Å²) in [4.78, 5) is 35.9. The minimum absolute atomic E-state index is 0.0162. The second-order valence-electron chi connectivity index (χ2n) is 5.94. The van der Waals surface area contributed by atoms with E-state index in [1.54, 1.807) is 23.4 Å². The normalized spacial score (nSPS) is 14.1. The van der Waals surface area contributed by atoms with Gasteiger partial charge in [-0.05, 0) is 24.3 Å². The molecule has 0 atom stereocenters. The summed E-state index contributed by atoms with van der Waals surface area (Å²) >= 11 is 0.819. The van der Waals surface area contributed by atoms with Crippen molar-refractivity contribution in [2.45, 2.75) is 4.90 Å². The molecular weight excluding hydrogens is 390 g/mol. The summed E-state index contributed by atoms with van der Waals surface area (Å²) in [5.41, 5.74) is 0. The van der Waals surface area contributed by atoms with E-state index in [4.69, 9.17) is 4.74 Å². The summed E-state index contributed by atoms with van der Waals surface area (Å²) in [7, 11) is 0. The monoisotopic (exact) mass is 408 g/mol. The number of hydrogen-bond donors (Lipinski definition) is 0. The van der Waals surface area contributed by atoms with Crippen LogP contribution in [0, 0.1) is 11.6 Å². The van der Waals surface area contributed by atoms with Crippen LogP contribution in [0.3, 0.4) is 0 Å². The van der Waals surface area contributed by atoms with E-state index in [-0.39, 0.29) is 23.2 Å². The Balaban J connectivity index is 1.39. The zero-order valence-electron chi connectivity index (χ0n) is 14.9. The maximum Gasteiger partial charge on any atom is 0.316 e. The summed E-state index contributed by atoms with van der Waals surface area (Å²) < 4.78 is 31.6. The lowest BCUT2D eigenvalue weighted by Crippen LogP contribution is -2.50. The number of amides is 1. The number of nitrogens with zero attached hydrogens (tertiary/aromatic N) is 4. The van der Waals surface area contributed by atoms with E-state index in [1.807, 2.05) is 4.90 Å². The standard InChI is InChI=1S/C18H18F2N4O3S/c19-13-2-3-14(20)15(10-13)28-12-17(26)27-11-16(25)23-6-8-24(9-7-23)18-21-4-1-5-22-18/h1-5,10H,6-9,11-12H2. The van der Waals surface area contributed by atoms with Crippen molar-refractivity contribution in [1.29, 1.82) is 0 Å². The maximum atomic E-state index is 13.5. The van der Waals surface area contributed by atoms with Crippen molar-refractivity contribution in [2.75, 3.05) is 43.4 Å². The van der Waals surface area contributed by atoms with Gasteiger partial charge < -0.3 is 14.5 Å². The van der Waals surface area contributed by atoms with Crippen molar-refractivity contribution in [3.8, 4) is 0 Å². The van der Waals surface area contributed by atoms with Gasteiger partial charge in [0, 0.05) is 43.5 Å². The molecule has 1 saturated heterocycles. The van der Waals surface area contributed by atoms with E-state index in [0.29, 0.717) is 32.1 Å². The zero-order valence-corrected chi connectivity index (χ0v) is 15.7. The van der Waals surface area contributed by atoms with Gasteiger partial charge in [-0.2, -0.15) is 0 Å². The molecule has 1 amide bonds. The summed E-state index contributed by atoms with van der Waals surface area (Å²) in [6, 6.07) is 4.74. The van der Waals surface area contributed by atoms with Crippen LogP contribution in [0.4, 0.5) is 14.7 Å². The molecule has 28 heavy (non-hydrogen) atoms. The summed E-state index contributed by atoms with van der Waals surface area (Å²) in [5, 5.41) is 0. The quantitative estimate of drug-likeness (QED) is 0.532.